The standard InChI is InChI=1S/C16H14F2O2/c17-13-7-5-12(6-8-13)15(16(19)20)9-4-11-2-1-3-14(18)10-11/h1-3,5-8,10,15H,4,9H2,(H,19,20). The van der Waals surface area contributed by atoms with E-state index in [0.717, 1.165) is 5.56 Å². The van der Waals surface area contributed by atoms with Gasteiger partial charge in [0.2, 0.25) is 0 Å². The van der Waals surface area contributed by atoms with E-state index < -0.39 is 17.7 Å². The van der Waals surface area contributed by atoms with Crippen molar-refractivity contribution in [2.24, 2.45) is 0 Å². The lowest BCUT2D eigenvalue weighted by molar-refractivity contribution is -0.138. The molecule has 0 radical (unpaired) electrons. The Morgan fingerprint density at radius 3 is 2.35 bits per heavy atom. The molecule has 20 heavy (non-hydrogen) atoms. The van der Waals surface area contributed by atoms with Crippen molar-refractivity contribution in [3.63, 3.8) is 0 Å². The summed E-state index contributed by atoms with van der Waals surface area (Å²) in [4.78, 5) is 11.3. The van der Waals surface area contributed by atoms with Crippen LogP contribution in [0.4, 0.5) is 8.78 Å². The van der Waals surface area contributed by atoms with Gasteiger partial charge >= 0.3 is 5.97 Å². The third kappa shape index (κ3) is 3.63. The number of hydrogen-bond acceptors (Lipinski definition) is 1. The SMILES string of the molecule is O=C(O)C(CCc1cccc(F)c1)c1ccc(F)cc1. The van der Waals surface area contributed by atoms with Gasteiger partial charge < -0.3 is 5.11 Å². The van der Waals surface area contributed by atoms with Crippen molar-refractivity contribution >= 4 is 5.97 Å². The zero-order valence-electron chi connectivity index (χ0n) is 10.7. The number of carbonyl (C=O) groups is 1. The molecule has 0 saturated heterocycles. The maximum Gasteiger partial charge on any atom is 0.310 e. The molecule has 2 nitrogen and oxygen atoms in total. The van der Waals surface area contributed by atoms with E-state index in [2.05, 4.69) is 0 Å². The summed E-state index contributed by atoms with van der Waals surface area (Å²) in [6.45, 7) is 0. The number of carboxylic acids is 1. The predicted octanol–water partition coefficient (Wildman–Crippen LogP) is 3.77. The van der Waals surface area contributed by atoms with Gasteiger partial charge in [0.1, 0.15) is 11.6 Å². The van der Waals surface area contributed by atoms with Crippen LogP contribution in [-0.2, 0) is 11.2 Å². The number of benzene rings is 2. The number of aryl methyl sites for hydroxylation is 1. The molecule has 1 N–H and O–H groups in total. The second-order valence-electron chi connectivity index (χ2n) is 4.61. The van der Waals surface area contributed by atoms with Gasteiger partial charge in [-0.1, -0.05) is 24.3 Å². The molecule has 0 heterocycles. The number of halogens is 2. The number of hydrogen-bond donors (Lipinski definition) is 1. The van der Waals surface area contributed by atoms with Crippen LogP contribution in [-0.4, -0.2) is 11.1 Å². The van der Waals surface area contributed by atoms with Gasteiger partial charge in [-0.25, -0.2) is 8.78 Å². The molecule has 2 aromatic carbocycles. The van der Waals surface area contributed by atoms with Gasteiger partial charge in [-0.15, -0.1) is 0 Å². The Balaban J connectivity index is 2.10. The molecular weight excluding hydrogens is 262 g/mol. The molecule has 0 aliphatic carbocycles. The summed E-state index contributed by atoms with van der Waals surface area (Å²) in [5.74, 6) is -2.42. The Morgan fingerprint density at radius 2 is 1.75 bits per heavy atom. The van der Waals surface area contributed by atoms with E-state index in [1.807, 2.05) is 0 Å². The maximum atomic E-state index is 13.1. The molecule has 0 saturated carbocycles. The third-order valence-electron chi connectivity index (χ3n) is 3.18. The molecule has 0 aliphatic heterocycles. The van der Waals surface area contributed by atoms with Crippen LogP contribution in [0.2, 0.25) is 0 Å². The Labute approximate surface area is 115 Å². The van der Waals surface area contributed by atoms with Crippen molar-refractivity contribution in [3.05, 3.63) is 71.3 Å². The van der Waals surface area contributed by atoms with Gasteiger partial charge in [0, 0.05) is 0 Å². The lowest BCUT2D eigenvalue weighted by atomic mass is 9.92. The van der Waals surface area contributed by atoms with E-state index in [1.54, 1.807) is 12.1 Å². The quantitative estimate of drug-likeness (QED) is 0.902. The van der Waals surface area contributed by atoms with Crippen LogP contribution in [0.1, 0.15) is 23.5 Å². The summed E-state index contributed by atoms with van der Waals surface area (Å²) in [5, 5.41) is 9.26. The molecule has 2 rings (SSSR count). The molecular formula is C16H14F2O2. The molecule has 0 aliphatic rings. The fourth-order valence-corrected chi connectivity index (χ4v) is 2.13. The van der Waals surface area contributed by atoms with Crippen molar-refractivity contribution in [2.45, 2.75) is 18.8 Å². The molecule has 1 unspecified atom stereocenters. The number of rotatable bonds is 5. The van der Waals surface area contributed by atoms with Gasteiger partial charge in [-0.05, 0) is 48.2 Å². The summed E-state index contributed by atoms with van der Waals surface area (Å²) in [5.41, 5.74) is 1.30. The Bertz CT molecular complexity index is 594. The fraction of sp³-hybridized carbons (Fsp3) is 0.188. The molecule has 0 aromatic heterocycles. The largest absolute Gasteiger partial charge is 0.481 e. The van der Waals surface area contributed by atoms with Gasteiger partial charge in [0.05, 0.1) is 5.92 Å². The van der Waals surface area contributed by atoms with Crippen LogP contribution in [0.15, 0.2) is 48.5 Å². The number of carboxylic acid groups (broad SMARTS) is 1. The van der Waals surface area contributed by atoms with Crippen molar-refractivity contribution in [1.82, 2.24) is 0 Å². The molecule has 0 bridgehead atoms. The van der Waals surface area contributed by atoms with E-state index in [4.69, 9.17) is 0 Å². The highest BCUT2D eigenvalue weighted by atomic mass is 19.1. The summed E-state index contributed by atoms with van der Waals surface area (Å²) in [6.07, 6.45) is 0.788. The molecule has 2 aromatic rings. The first-order valence-electron chi connectivity index (χ1n) is 6.29. The predicted molar refractivity (Wildman–Crippen MR) is 71.5 cm³/mol. The average Bonchev–Trinajstić information content (AvgIpc) is 2.41. The van der Waals surface area contributed by atoms with Crippen molar-refractivity contribution in [2.75, 3.05) is 0 Å². The number of aliphatic carboxylic acids is 1. The minimum absolute atomic E-state index is 0.337. The molecule has 4 heteroatoms. The third-order valence-corrected chi connectivity index (χ3v) is 3.18. The van der Waals surface area contributed by atoms with Crippen LogP contribution in [0.25, 0.3) is 0 Å². The Morgan fingerprint density at radius 1 is 1.05 bits per heavy atom. The zero-order chi connectivity index (χ0) is 14.5. The highest BCUT2D eigenvalue weighted by Crippen LogP contribution is 2.22. The van der Waals surface area contributed by atoms with Crippen LogP contribution in [0.3, 0.4) is 0 Å². The van der Waals surface area contributed by atoms with Gasteiger partial charge in [-0.2, -0.15) is 0 Å². The lowest BCUT2D eigenvalue weighted by Crippen LogP contribution is -2.12. The van der Waals surface area contributed by atoms with E-state index in [1.165, 1.54) is 36.4 Å². The first-order valence-corrected chi connectivity index (χ1v) is 6.29. The van der Waals surface area contributed by atoms with Gasteiger partial charge in [0.25, 0.3) is 0 Å². The van der Waals surface area contributed by atoms with Crippen molar-refractivity contribution in [1.29, 1.82) is 0 Å². The molecule has 0 fully saturated rings. The monoisotopic (exact) mass is 276 g/mol. The summed E-state index contributed by atoms with van der Waals surface area (Å²) >= 11 is 0. The summed E-state index contributed by atoms with van der Waals surface area (Å²) < 4.78 is 25.9. The lowest BCUT2D eigenvalue weighted by Gasteiger charge is -2.12. The Kier molecular flexibility index (Phi) is 4.45. The molecule has 1 atom stereocenters. The minimum atomic E-state index is -0.965. The smallest absolute Gasteiger partial charge is 0.310 e. The molecule has 104 valence electrons. The van der Waals surface area contributed by atoms with Crippen LogP contribution < -0.4 is 0 Å². The fourth-order valence-electron chi connectivity index (χ4n) is 2.13. The van der Waals surface area contributed by atoms with Crippen LogP contribution >= 0.6 is 0 Å². The topological polar surface area (TPSA) is 37.3 Å². The summed E-state index contributed by atoms with van der Waals surface area (Å²) in [6, 6.07) is 11.5. The minimum Gasteiger partial charge on any atom is -0.481 e. The van der Waals surface area contributed by atoms with E-state index in [0.29, 0.717) is 18.4 Å². The van der Waals surface area contributed by atoms with Crippen molar-refractivity contribution < 1.29 is 18.7 Å². The zero-order valence-corrected chi connectivity index (χ0v) is 10.7. The Hall–Kier alpha value is -2.23. The van der Waals surface area contributed by atoms with E-state index in [9.17, 15) is 18.7 Å². The first kappa shape index (κ1) is 14.2. The second-order valence-corrected chi connectivity index (χ2v) is 4.61. The van der Waals surface area contributed by atoms with Gasteiger partial charge in [0.15, 0.2) is 0 Å². The second kappa shape index (κ2) is 6.28. The van der Waals surface area contributed by atoms with E-state index in [-0.39, 0.29) is 5.82 Å². The van der Waals surface area contributed by atoms with E-state index >= 15 is 0 Å². The highest BCUT2D eigenvalue weighted by Gasteiger charge is 2.19. The molecule has 0 spiro atoms. The van der Waals surface area contributed by atoms with Crippen molar-refractivity contribution in [3.8, 4) is 0 Å². The molecule has 0 amide bonds. The first-order chi connectivity index (χ1) is 9.56. The van der Waals surface area contributed by atoms with Crippen LogP contribution in [0.5, 0.6) is 0 Å². The average molecular weight is 276 g/mol. The highest BCUT2D eigenvalue weighted by molar-refractivity contribution is 5.76. The van der Waals surface area contributed by atoms with Crippen LogP contribution in [0, 0.1) is 11.6 Å². The van der Waals surface area contributed by atoms with Gasteiger partial charge in [-0.3, -0.25) is 4.79 Å². The normalized spacial score (nSPS) is 12.1. The summed E-state index contributed by atoms with van der Waals surface area (Å²) in [7, 11) is 0. The maximum absolute atomic E-state index is 13.1.